The van der Waals surface area contributed by atoms with Gasteiger partial charge in [-0.05, 0) is 98.5 Å². The summed E-state index contributed by atoms with van der Waals surface area (Å²) < 4.78 is 11.9. The summed E-state index contributed by atoms with van der Waals surface area (Å²) in [5, 5.41) is 28.3. The van der Waals surface area contributed by atoms with Crippen molar-refractivity contribution < 1.29 is 34.1 Å². The highest BCUT2D eigenvalue weighted by Crippen LogP contribution is 2.40. The number of aliphatic hydroxyl groups excluding tert-OH is 1. The molecule has 3 atom stereocenters. The van der Waals surface area contributed by atoms with Crippen LogP contribution in [0.15, 0.2) is 71.9 Å². The van der Waals surface area contributed by atoms with Crippen molar-refractivity contribution in [2.45, 2.75) is 87.1 Å². The van der Waals surface area contributed by atoms with Crippen LogP contribution in [-0.2, 0) is 20.0 Å². The summed E-state index contributed by atoms with van der Waals surface area (Å²) in [6.45, 7) is 1.07. The minimum atomic E-state index is -1.60. The molecule has 0 bridgehead atoms. The first-order valence-electron chi connectivity index (χ1n) is 18.1. The number of oxime groups is 1. The van der Waals surface area contributed by atoms with Crippen molar-refractivity contribution in [3.63, 3.8) is 0 Å². The van der Waals surface area contributed by atoms with E-state index in [-0.39, 0.29) is 56.3 Å². The number of carbonyl (C=O) groups is 2. The van der Waals surface area contributed by atoms with Gasteiger partial charge >= 0.3 is 0 Å². The number of likely N-dealkylation sites (tertiary alicyclic amines) is 2. The summed E-state index contributed by atoms with van der Waals surface area (Å²) in [7, 11) is 1.60. The normalized spacial score (nSPS) is 24.7. The highest BCUT2D eigenvalue weighted by molar-refractivity contribution is 6.30. The van der Waals surface area contributed by atoms with Crippen LogP contribution < -0.4 is 9.47 Å². The molecule has 3 heterocycles. The van der Waals surface area contributed by atoms with Crippen molar-refractivity contribution >= 4 is 40.7 Å². The predicted molar refractivity (Wildman–Crippen MR) is 198 cm³/mol. The lowest BCUT2D eigenvalue weighted by molar-refractivity contribution is -0.165. The Labute approximate surface area is 314 Å². The monoisotopic (exact) mass is 749 g/mol. The smallest absolute Gasteiger partial charge is 0.270 e. The first-order chi connectivity index (χ1) is 25.1. The average Bonchev–Trinajstić information content (AvgIpc) is 3.83. The van der Waals surface area contributed by atoms with Crippen molar-refractivity contribution in [2.24, 2.45) is 5.16 Å². The van der Waals surface area contributed by atoms with Crippen LogP contribution in [0, 0.1) is 0 Å². The minimum Gasteiger partial charge on any atom is -0.493 e. The number of rotatable bonds is 9. The van der Waals surface area contributed by atoms with Crippen LogP contribution in [0.2, 0.25) is 10.0 Å². The predicted octanol–water partition coefficient (Wildman–Crippen LogP) is 6.46. The Hall–Kier alpha value is -3.83. The van der Waals surface area contributed by atoms with Crippen LogP contribution in [0.3, 0.4) is 0 Å². The Morgan fingerprint density at radius 1 is 0.904 bits per heavy atom. The molecule has 4 aliphatic rings. The maximum Gasteiger partial charge on any atom is 0.270 e. The van der Waals surface area contributed by atoms with Gasteiger partial charge in [-0.1, -0.05) is 52.6 Å². The van der Waals surface area contributed by atoms with Gasteiger partial charge in [0.25, 0.3) is 5.91 Å². The molecule has 1 aliphatic carbocycles. The lowest BCUT2D eigenvalue weighted by atomic mass is 9.82. The zero-order chi connectivity index (χ0) is 36.5. The Bertz CT molecular complexity index is 1790. The second kappa shape index (κ2) is 15.3. The molecule has 2 saturated heterocycles. The van der Waals surface area contributed by atoms with E-state index >= 15 is 0 Å². The standard InChI is InChI=1S/C40H45Cl2N3O7/c1-50-35-15-8-27(22-36(35)51-31-4-2-3-5-31)33-23-40(52-43-33,38(48)44-20-17-39(49,18-21-44)28-9-13-30(42)14-10-28)24-37(47)45-19-16-32(34(46)25-45)26-6-11-29(41)12-7-26/h6-15,22,31-32,34,46,49H,2-5,16-21,23-25H2,1H3. The third-order valence-electron chi connectivity index (χ3n) is 11.2. The fourth-order valence-corrected chi connectivity index (χ4v) is 8.33. The van der Waals surface area contributed by atoms with Gasteiger partial charge in [0.1, 0.15) is 0 Å². The maximum absolute atomic E-state index is 14.6. The van der Waals surface area contributed by atoms with Crippen molar-refractivity contribution in [2.75, 3.05) is 33.3 Å². The first-order valence-corrected chi connectivity index (χ1v) is 18.9. The molecular formula is C40H45Cl2N3O7. The first kappa shape index (κ1) is 36.5. The number of aliphatic hydroxyl groups is 2. The van der Waals surface area contributed by atoms with Crippen LogP contribution in [0.1, 0.15) is 80.4 Å². The lowest BCUT2D eigenvalue weighted by Crippen LogP contribution is -2.56. The van der Waals surface area contributed by atoms with Crippen LogP contribution in [0.4, 0.5) is 0 Å². The maximum atomic E-state index is 14.6. The molecule has 0 spiro atoms. The Morgan fingerprint density at radius 3 is 2.23 bits per heavy atom. The number of amides is 2. The summed E-state index contributed by atoms with van der Waals surface area (Å²) in [6, 6.07) is 20.1. The number of methoxy groups -OCH3 is 1. The van der Waals surface area contributed by atoms with Gasteiger partial charge in [-0.3, -0.25) is 9.59 Å². The molecule has 12 heteroatoms. The zero-order valence-electron chi connectivity index (χ0n) is 29.3. The van der Waals surface area contributed by atoms with Gasteiger partial charge in [0, 0.05) is 54.1 Å². The van der Waals surface area contributed by atoms with E-state index in [1.54, 1.807) is 41.2 Å². The van der Waals surface area contributed by atoms with Crippen molar-refractivity contribution in [1.82, 2.24) is 9.80 Å². The largest absolute Gasteiger partial charge is 0.493 e. The zero-order valence-corrected chi connectivity index (χ0v) is 30.8. The lowest BCUT2D eigenvalue weighted by Gasteiger charge is -2.42. The van der Waals surface area contributed by atoms with Crippen molar-refractivity contribution in [3.05, 3.63) is 93.5 Å². The number of benzene rings is 3. The molecule has 0 radical (unpaired) electrons. The Kier molecular flexibility index (Phi) is 10.7. The van der Waals surface area contributed by atoms with Gasteiger partial charge in [0.2, 0.25) is 11.5 Å². The molecule has 276 valence electrons. The summed E-state index contributed by atoms with van der Waals surface area (Å²) in [4.78, 5) is 38.1. The molecular weight excluding hydrogens is 705 g/mol. The molecule has 0 aromatic heterocycles. The van der Waals surface area contributed by atoms with E-state index in [0.717, 1.165) is 36.8 Å². The Morgan fingerprint density at radius 2 is 1.58 bits per heavy atom. The van der Waals surface area contributed by atoms with Gasteiger partial charge in [-0.15, -0.1) is 0 Å². The molecule has 2 N–H and O–H groups in total. The molecule has 3 aliphatic heterocycles. The highest BCUT2D eigenvalue weighted by atomic mass is 35.5. The number of ether oxygens (including phenoxy) is 2. The van der Waals surface area contributed by atoms with E-state index in [2.05, 4.69) is 5.16 Å². The number of carbonyl (C=O) groups excluding carboxylic acids is 2. The molecule has 52 heavy (non-hydrogen) atoms. The van der Waals surface area contributed by atoms with Gasteiger partial charge < -0.3 is 34.3 Å². The molecule has 3 fully saturated rings. The topological polar surface area (TPSA) is 121 Å². The number of nitrogens with zero attached hydrogens (tertiary/aromatic N) is 3. The minimum absolute atomic E-state index is 0.0640. The molecule has 1 saturated carbocycles. The van der Waals surface area contributed by atoms with Gasteiger partial charge in [0.05, 0.1) is 37.1 Å². The summed E-state index contributed by atoms with van der Waals surface area (Å²) in [6.07, 6.45) is 4.50. The fraction of sp³-hybridized carbons (Fsp3) is 0.475. The average molecular weight is 751 g/mol. The quantitative estimate of drug-likeness (QED) is 0.258. The van der Waals surface area contributed by atoms with Crippen LogP contribution >= 0.6 is 23.2 Å². The van der Waals surface area contributed by atoms with Crippen LogP contribution in [-0.4, -0.2) is 88.6 Å². The molecule has 3 aromatic carbocycles. The van der Waals surface area contributed by atoms with Crippen molar-refractivity contribution in [1.29, 1.82) is 0 Å². The second-order valence-corrected chi connectivity index (χ2v) is 15.4. The third kappa shape index (κ3) is 7.62. The molecule has 3 aromatic rings. The third-order valence-corrected chi connectivity index (χ3v) is 11.7. The fourth-order valence-electron chi connectivity index (χ4n) is 8.08. The van der Waals surface area contributed by atoms with Crippen LogP contribution in [0.5, 0.6) is 11.5 Å². The molecule has 7 rings (SSSR count). The second-order valence-electron chi connectivity index (χ2n) is 14.6. The molecule has 2 amide bonds. The van der Waals surface area contributed by atoms with Gasteiger partial charge in [-0.25, -0.2) is 0 Å². The molecule has 10 nitrogen and oxygen atoms in total. The van der Waals surface area contributed by atoms with Crippen LogP contribution in [0.25, 0.3) is 0 Å². The number of piperidine rings is 2. The summed E-state index contributed by atoms with van der Waals surface area (Å²) in [5.41, 5.74) is 0.222. The van der Waals surface area contributed by atoms with Gasteiger partial charge in [-0.2, -0.15) is 0 Å². The number of β-amino-alcohol motifs (C(OH)–C–C–N with tert-alkyl or cyclic N) is 1. The summed E-state index contributed by atoms with van der Waals surface area (Å²) >= 11 is 12.2. The van der Waals surface area contributed by atoms with E-state index in [0.29, 0.717) is 58.6 Å². The van der Waals surface area contributed by atoms with E-state index < -0.39 is 17.3 Å². The Balaban J connectivity index is 1.10. The SMILES string of the molecule is COc1ccc(C2=NOC(CC(=O)N3CCC(c4ccc(Cl)cc4)C(O)C3)(C(=O)N3CCC(O)(c4ccc(Cl)cc4)CC3)C2)cc1OC1CCCC1. The van der Waals surface area contributed by atoms with E-state index in [1.165, 1.54) is 0 Å². The molecule has 3 unspecified atom stereocenters. The number of hydrogen-bond donors (Lipinski definition) is 2. The van der Waals surface area contributed by atoms with E-state index in [1.807, 2.05) is 42.5 Å². The van der Waals surface area contributed by atoms with Crippen molar-refractivity contribution in [3.8, 4) is 11.5 Å². The number of hydrogen-bond acceptors (Lipinski definition) is 8. The van der Waals surface area contributed by atoms with E-state index in [4.69, 9.17) is 37.5 Å². The van der Waals surface area contributed by atoms with E-state index in [9.17, 15) is 19.8 Å². The number of halogens is 2. The van der Waals surface area contributed by atoms with Gasteiger partial charge in [0.15, 0.2) is 11.5 Å². The summed E-state index contributed by atoms with van der Waals surface area (Å²) in [5.74, 6) is 0.413. The highest BCUT2D eigenvalue weighted by Gasteiger charge is 2.52.